The van der Waals surface area contributed by atoms with Crippen LogP contribution in [0.5, 0.6) is 5.75 Å². The lowest BCUT2D eigenvalue weighted by Gasteiger charge is -2.04. The van der Waals surface area contributed by atoms with Crippen LogP contribution < -0.4 is 4.74 Å². The Labute approximate surface area is 90.3 Å². The molecular formula is C8H5Cl3O2. The number of carbonyl (C=O) groups excluding carboxylic acids is 1. The number of ether oxygens (including phenoxy) is 1. The van der Waals surface area contributed by atoms with Crippen LogP contribution in [0.15, 0.2) is 12.1 Å². The fraction of sp³-hybridized carbons (Fsp3) is 0.125. The molecule has 0 bridgehead atoms. The molecule has 5 heteroatoms. The molecular weight excluding hydrogens is 234 g/mol. The van der Waals surface area contributed by atoms with Crippen LogP contribution in [-0.4, -0.2) is 5.97 Å². The van der Waals surface area contributed by atoms with Gasteiger partial charge in [-0.25, -0.2) is 0 Å². The highest BCUT2D eigenvalue weighted by molar-refractivity contribution is 6.43. The Morgan fingerprint density at radius 2 is 1.69 bits per heavy atom. The van der Waals surface area contributed by atoms with Crippen molar-refractivity contribution in [2.24, 2.45) is 0 Å². The van der Waals surface area contributed by atoms with E-state index in [2.05, 4.69) is 0 Å². The van der Waals surface area contributed by atoms with Gasteiger partial charge >= 0.3 is 5.97 Å². The molecule has 1 aromatic carbocycles. The average Bonchev–Trinajstić information content (AvgIpc) is 1.99. The van der Waals surface area contributed by atoms with Gasteiger partial charge in [-0.05, 0) is 6.07 Å². The zero-order chi connectivity index (χ0) is 10.0. The summed E-state index contributed by atoms with van der Waals surface area (Å²) in [6, 6.07) is 2.82. The van der Waals surface area contributed by atoms with Crippen molar-refractivity contribution in [2.75, 3.05) is 0 Å². The van der Waals surface area contributed by atoms with Gasteiger partial charge < -0.3 is 4.74 Å². The molecule has 70 valence electrons. The summed E-state index contributed by atoms with van der Waals surface area (Å²) < 4.78 is 4.77. The summed E-state index contributed by atoms with van der Waals surface area (Å²) in [5.41, 5.74) is 0. The number of halogens is 3. The summed E-state index contributed by atoms with van der Waals surface area (Å²) in [6.07, 6.45) is 0. The standard InChI is InChI=1S/C8H5Cl3O2/c1-4(12)13-8-3-6(10)5(9)2-7(8)11/h2-3H,1H3. The molecule has 0 saturated carbocycles. The first-order chi connectivity index (χ1) is 6.00. The van der Waals surface area contributed by atoms with Crippen LogP contribution >= 0.6 is 34.8 Å². The molecule has 0 radical (unpaired) electrons. The fourth-order valence-electron chi connectivity index (χ4n) is 0.737. The number of esters is 1. The fourth-order valence-corrected chi connectivity index (χ4v) is 1.31. The van der Waals surface area contributed by atoms with Gasteiger partial charge in [0.1, 0.15) is 0 Å². The van der Waals surface area contributed by atoms with Gasteiger partial charge in [-0.1, -0.05) is 34.8 Å². The van der Waals surface area contributed by atoms with Crippen LogP contribution in [0, 0.1) is 0 Å². The molecule has 1 aromatic rings. The molecule has 0 N–H and O–H groups in total. The van der Waals surface area contributed by atoms with Crippen molar-refractivity contribution in [3.05, 3.63) is 27.2 Å². The predicted octanol–water partition coefficient (Wildman–Crippen LogP) is 3.57. The SMILES string of the molecule is CC(=O)Oc1cc(Cl)c(Cl)cc1Cl. The molecule has 2 nitrogen and oxygen atoms in total. The number of rotatable bonds is 1. The molecule has 0 saturated heterocycles. The maximum atomic E-state index is 10.6. The van der Waals surface area contributed by atoms with Gasteiger partial charge in [0.25, 0.3) is 0 Å². The minimum absolute atomic E-state index is 0.212. The van der Waals surface area contributed by atoms with Crippen molar-refractivity contribution in [3.8, 4) is 5.75 Å². The van der Waals surface area contributed by atoms with E-state index in [4.69, 9.17) is 39.5 Å². The Bertz CT molecular complexity index is 349. The van der Waals surface area contributed by atoms with Crippen LogP contribution in [0.3, 0.4) is 0 Å². The van der Waals surface area contributed by atoms with Crippen molar-refractivity contribution in [1.29, 1.82) is 0 Å². The van der Waals surface area contributed by atoms with Gasteiger partial charge in [0.2, 0.25) is 0 Å². The Morgan fingerprint density at radius 1 is 1.15 bits per heavy atom. The average molecular weight is 239 g/mol. The Hall–Kier alpha value is -0.440. The minimum Gasteiger partial charge on any atom is -0.425 e. The topological polar surface area (TPSA) is 26.3 Å². The molecule has 0 atom stereocenters. The van der Waals surface area contributed by atoms with E-state index in [0.29, 0.717) is 10.0 Å². The Balaban J connectivity index is 3.08. The third-order valence-electron chi connectivity index (χ3n) is 1.23. The third-order valence-corrected chi connectivity index (χ3v) is 2.25. The van der Waals surface area contributed by atoms with E-state index in [-0.39, 0.29) is 10.8 Å². The van der Waals surface area contributed by atoms with Crippen molar-refractivity contribution < 1.29 is 9.53 Å². The quantitative estimate of drug-likeness (QED) is 0.425. The van der Waals surface area contributed by atoms with Crippen molar-refractivity contribution >= 4 is 40.8 Å². The monoisotopic (exact) mass is 238 g/mol. The molecule has 0 heterocycles. The van der Waals surface area contributed by atoms with E-state index in [1.807, 2.05) is 0 Å². The highest BCUT2D eigenvalue weighted by atomic mass is 35.5. The molecule has 0 aliphatic heterocycles. The van der Waals surface area contributed by atoms with Gasteiger partial charge in [-0.2, -0.15) is 0 Å². The van der Waals surface area contributed by atoms with Crippen molar-refractivity contribution in [3.63, 3.8) is 0 Å². The van der Waals surface area contributed by atoms with Gasteiger partial charge in [0.15, 0.2) is 5.75 Å². The van der Waals surface area contributed by atoms with E-state index >= 15 is 0 Å². The van der Waals surface area contributed by atoms with Gasteiger partial charge in [0.05, 0.1) is 15.1 Å². The zero-order valence-corrected chi connectivity index (χ0v) is 8.87. The second kappa shape index (κ2) is 4.18. The van der Waals surface area contributed by atoms with E-state index in [0.717, 1.165) is 0 Å². The minimum atomic E-state index is -0.458. The van der Waals surface area contributed by atoms with E-state index in [1.165, 1.54) is 19.1 Å². The van der Waals surface area contributed by atoms with Crippen LogP contribution in [0.1, 0.15) is 6.92 Å². The zero-order valence-electron chi connectivity index (χ0n) is 6.61. The number of hydrogen-bond donors (Lipinski definition) is 0. The third kappa shape index (κ3) is 2.76. The number of carbonyl (C=O) groups is 1. The summed E-state index contributed by atoms with van der Waals surface area (Å²) in [4.78, 5) is 10.6. The van der Waals surface area contributed by atoms with E-state index < -0.39 is 5.97 Å². The van der Waals surface area contributed by atoms with Crippen LogP contribution in [0.4, 0.5) is 0 Å². The molecule has 0 aromatic heterocycles. The van der Waals surface area contributed by atoms with E-state index in [1.54, 1.807) is 0 Å². The van der Waals surface area contributed by atoms with Crippen LogP contribution in [0.2, 0.25) is 15.1 Å². The Morgan fingerprint density at radius 3 is 2.23 bits per heavy atom. The lowest BCUT2D eigenvalue weighted by molar-refractivity contribution is -0.131. The molecule has 0 spiro atoms. The lowest BCUT2D eigenvalue weighted by Crippen LogP contribution is -2.01. The molecule has 0 aliphatic rings. The van der Waals surface area contributed by atoms with Gasteiger partial charge in [0, 0.05) is 13.0 Å². The van der Waals surface area contributed by atoms with Gasteiger partial charge in [-0.3, -0.25) is 4.79 Å². The second-order valence-electron chi connectivity index (χ2n) is 2.29. The largest absolute Gasteiger partial charge is 0.425 e. The summed E-state index contributed by atoms with van der Waals surface area (Å²) in [5, 5.41) is 0.870. The predicted molar refractivity (Wildman–Crippen MR) is 52.8 cm³/mol. The Kier molecular flexibility index (Phi) is 3.42. The molecule has 1 rings (SSSR count). The number of benzene rings is 1. The first-order valence-electron chi connectivity index (χ1n) is 3.33. The molecule has 0 unspecified atom stereocenters. The number of hydrogen-bond acceptors (Lipinski definition) is 2. The van der Waals surface area contributed by atoms with Crippen LogP contribution in [0.25, 0.3) is 0 Å². The summed E-state index contributed by atoms with van der Waals surface area (Å²) >= 11 is 17.1. The van der Waals surface area contributed by atoms with Crippen LogP contribution in [-0.2, 0) is 4.79 Å². The molecule has 0 fully saturated rings. The van der Waals surface area contributed by atoms with Gasteiger partial charge in [-0.15, -0.1) is 0 Å². The smallest absolute Gasteiger partial charge is 0.308 e. The highest BCUT2D eigenvalue weighted by Crippen LogP contribution is 2.33. The maximum Gasteiger partial charge on any atom is 0.308 e. The second-order valence-corrected chi connectivity index (χ2v) is 3.51. The normalized spacial score (nSPS) is 9.85. The van der Waals surface area contributed by atoms with Crippen molar-refractivity contribution in [1.82, 2.24) is 0 Å². The maximum absolute atomic E-state index is 10.6. The molecule has 0 aliphatic carbocycles. The molecule has 13 heavy (non-hydrogen) atoms. The summed E-state index contributed by atoms with van der Waals surface area (Å²) in [7, 11) is 0. The summed E-state index contributed by atoms with van der Waals surface area (Å²) in [5.74, 6) is -0.246. The highest BCUT2D eigenvalue weighted by Gasteiger charge is 2.08. The van der Waals surface area contributed by atoms with E-state index in [9.17, 15) is 4.79 Å². The molecule has 0 amide bonds. The summed E-state index contributed by atoms with van der Waals surface area (Å²) in [6.45, 7) is 1.28. The lowest BCUT2D eigenvalue weighted by atomic mass is 10.3. The first kappa shape index (κ1) is 10.6. The van der Waals surface area contributed by atoms with Crippen molar-refractivity contribution in [2.45, 2.75) is 6.92 Å². The first-order valence-corrected chi connectivity index (χ1v) is 4.47.